The van der Waals surface area contributed by atoms with Gasteiger partial charge in [-0.3, -0.25) is 4.79 Å². The zero-order valence-electron chi connectivity index (χ0n) is 6.87. The maximum absolute atomic E-state index is 12.3. The first-order valence-electron chi connectivity index (χ1n) is 3.55. The van der Waals surface area contributed by atoms with Crippen LogP contribution in [0.4, 0.5) is 8.78 Å². The van der Waals surface area contributed by atoms with Crippen LogP contribution in [0.5, 0.6) is 0 Å². The fourth-order valence-corrected chi connectivity index (χ4v) is 0.906. The molecular formula is C8H5F2N3O. The fraction of sp³-hybridized carbons (Fsp3) is 0.125. The lowest BCUT2D eigenvalue weighted by Crippen LogP contribution is -2.16. The third kappa shape index (κ3) is 1.82. The molecule has 0 aliphatic rings. The highest BCUT2D eigenvalue weighted by Gasteiger charge is 2.18. The summed E-state index contributed by atoms with van der Waals surface area (Å²) in [4.78, 5) is 14.1. The number of carbonyl (C=O) groups is 1. The van der Waals surface area contributed by atoms with Crippen molar-refractivity contribution in [2.24, 2.45) is 5.73 Å². The molecule has 72 valence electrons. The third-order valence-corrected chi connectivity index (χ3v) is 1.51. The largest absolute Gasteiger partial charge is 0.364 e. The number of alkyl halides is 2. The summed E-state index contributed by atoms with van der Waals surface area (Å²) in [5.74, 6) is -1.07. The molecule has 0 saturated carbocycles. The molecule has 1 heterocycles. The number of amides is 1. The molecular weight excluding hydrogens is 192 g/mol. The van der Waals surface area contributed by atoms with Crippen LogP contribution < -0.4 is 5.73 Å². The van der Waals surface area contributed by atoms with Crippen molar-refractivity contribution in [2.75, 3.05) is 0 Å². The van der Waals surface area contributed by atoms with Crippen molar-refractivity contribution >= 4 is 5.91 Å². The van der Waals surface area contributed by atoms with E-state index in [0.717, 1.165) is 12.1 Å². The molecule has 1 amide bonds. The van der Waals surface area contributed by atoms with Crippen LogP contribution in [0, 0.1) is 11.3 Å². The lowest BCUT2D eigenvalue weighted by Gasteiger charge is -2.03. The van der Waals surface area contributed by atoms with Gasteiger partial charge >= 0.3 is 0 Å². The number of nitriles is 1. The van der Waals surface area contributed by atoms with Crippen LogP contribution >= 0.6 is 0 Å². The van der Waals surface area contributed by atoms with Crippen LogP contribution in [0.2, 0.25) is 0 Å². The smallest absolute Gasteiger partial charge is 0.267 e. The van der Waals surface area contributed by atoms with Crippen molar-refractivity contribution in [3.05, 3.63) is 29.1 Å². The molecule has 2 N–H and O–H groups in total. The van der Waals surface area contributed by atoms with Crippen LogP contribution in [0.1, 0.15) is 28.2 Å². The van der Waals surface area contributed by atoms with Crippen LogP contribution in [-0.4, -0.2) is 10.9 Å². The molecule has 1 rings (SSSR count). The van der Waals surface area contributed by atoms with E-state index in [9.17, 15) is 13.6 Å². The molecule has 4 nitrogen and oxygen atoms in total. The van der Waals surface area contributed by atoms with Gasteiger partial charge in [0.15, 0.2) is 0 Å². The first kappa shape index (κ1) is 10.1. The topological polar surface area (TPSA) is 79.8 Å². The second-order valence-electron chi connectivity index (χ2n) is 2.41. The summed E-state index contributed by atoms with van der Waals surface area (Å²) in [7, 11) is 0. The summed E-state index contributed by atoms with van der Waals surface area (Å²) in [5, 5.41) is 8.42. The lowest BCUT2D eigenvalue weighted by molar-refractivity contribution is 0.0980. The highest BCUT2D eigenvalue weighted by Crippen LogP contribution is 2.21. The summed E-state index contributed by atoms with van der Waals surface area (Å²) in [5.41, 5.74) is 3.59. The zero-order chi connectivity index (χ0) is 10.7. The van der Waals surface area contributed by atoms with Crippen molar-refractivity contribution in [3.8, 4) is 6.07 Å². The molecule has 0 aliphatic heterocycles. The van der Waals surface area contributed by atoms with E-state index in [1.54, 1.807) is 6.07 Å². The Balaban J connectivity index is 3.33. The Morgan fingerprint density at radius 3 is 2.64 bits per heavy atom. The van der Waals surface area contributed by atoms with Gasteiger partial charge in [0.1, 0.15) is 17.5 Å². The lowest BCUT2D eigenvalue weighted by atomic mass is 10.1. The van der Waals surface area contributed by atoms with E-state index >= 15 is 0 Å². The monoisotopic (exact) mass is 197 g/mol. The Morgan fingerprint density at radius 2 is 2.21 bits per heavy atom. The van der Waals surface area contributed by atoms with Crippen molar-refractivity contribution < 1.29 is 13.6 Å². The molecule has 0 saturated heterocycles. The first-order chi connectivity index (χ1) is 6.56. The minimum absolute atomic E-state index is 0.122. The van der Waals surface area contributed by atoms with Crippen LogP contribution in [0.15, 0.2) is 12.1 Å². The Labute approximate surface area is 78.0 Å². The Bertz CT molecular complexity index is 412. The van der Waals surface area contributed by atoms with E-state index in [1.807, 2.05) is 0 Å². The molecule has 1 aromatic heterocycles. The number of nitrogens with zero attached hydrogens (tertiary/aromatic N) is 2. The average Bonchev–Trinajstić information content (AvgIpc) is 2.16. The summed E-state index contributed by atoms with van der Waals surface area (Å²) >= 11 is 0. The molecule has 0 aliphatic carbocycles. The fourth-order valence-electron chi connectivity index (χ4n) is 0.906. The highest BCUT2D eigenvalue weighted by atomic mass is 19.3. The van der Waals surface area contributed by atoms with Crippen LogP contribution in [0.3, 0.4) is 0 Å². The van der Waals surface area contributed by atoms with Crippen molar-refractivity contribution in [2.45, 2.75) is 6.43 Å². The van der Waals surface area contributed by atoms with Gasteiger partial charge in [-0.15, -0.1) is 0 Å². The SMILES string of the molecule is N#Cc1ccc(C(F)F)c(C(N)=O)n1. The zero-order valence-corrected chi connectivity index (χ0v) is 6.87. The van der Waals surface area contributed by atoms with Crippen LogP contribution in [0.25, 0.3) is 0 Å². The number of carbonyl (C=O) groups excluding carboxylic acids is 1. The molecule has 0 atom stereocenters. The van der Waals surface area contributed by atoms with Gasteiger partial charge in [0, 0.05) is 5.56 Å². The molecule has 0 unspecified atom stereocenters. The van der Waals surface area contributed by atoms with Crippen molar-refractivity contribution in [1.82, 2.24) is 4.98 Å². The van der Waals surface area contributed by atoms with E-state index in [4.69, 9.17) is 11.0 Å². The van der Waals surface area contributed by atoms with Gasteiger partial charge < -0.3 is 5.73 Å². The Kier molecular flexibility index (Phi) is 2.72. The van der Waals surface area contributed by atoms with Gasteiger partial charge in [-0.2, -0.15) is 5.26 Å². The molecule has 14 heavy (non-hydrogen) atoms. The molecule has 0 radical (unpaired) electrons. The number of primary amides is 1. The minimum Gasteiger partial charge on any atom is -0.364 e. The van der Waals surface area contributed by atoms with Gasteiger partial charge in [-0.25, -0.2) is 13.8 Å². The second-order valence-corrected chi connectivity index (χ2v) is 2.41. The third-order valence-electron chi connectivity index (χ3n) is 1.51. The van der Waals surface area contributed by atoms with E-state index in [2.05, 4.69) is 4.98 Å². The molecule has 0 spiro atoms. The number of hydrogen-bond donors (Lipinski definition) is 1. The van der Waals surface area contributed by atoms with Gasteiger partial charge in [-0.1, -0.05) is 0 Å². The van der Waals surface area contributed by atoms with Gasteiger partial charge in [0.05, 0.1) is 0 Å². The molecule has 0 aromatic carbocycles. The van der Waals surface area contributed by atoms with Crippen molar-refractivity contribution in [1.29, 1.82) is 5.26 Å². The molecule has 6 heteroatoms. The van der Waals surface area contributed by atoms with Gasteiger partial charge in [0.2, 0.25) is 0 Å². The quantitative estimate of drug-likeness (QED) is 0.767. The normalized spacial score (nSPS) is 9.86. The summed E-state index contributed by atoms with van der Waals surface area (Å²) in [6.07, 6.45) is -2.84. The number of halogens is 2. The predicted molar refractivity (Wildman–Crippen MR) is 42.4 cm³/mol. The predicted octanol–water partition coefficient (Wildman–Crippen LogP) is 0.990. The van der Waals surface area contributed by atoms with E-state index < -0.39 is 23.6 Å². The maximum atomic E-state index is 12.3. The Morgan fingerprint density at radius 1 is 1.57 bits per heavy atom. The molecule has 1 aromatic rings. The summed E-state index contributed by atoms with van der Waals surface area (Å²) < 4.78 is 24.6. The highest BCUT2D eigenvalue weighted by molar-refractivity contribution is 5.92. The number of hydrogen-bond acceptors (Lipinski definition) is 3. The number of aromatic nitrogens is 1. The van der Waals surface area contributed by atoms with E-state index in [-0.39, 0.29) is 5.69 Å². The Hall–Kier alpha value is -2.03. The van der Waals surface area contributed by atoms with E-state index in [0.29, 0.717) is 0 Å². The minimum atomic E-state index is -2.84. The number of nitrogens with two attached hydrogens (primary N) is 1. The standard InChI is InChI=1S/C8H5F2N3O/c9-7(10)5-2-1-4(3-11)13-6(5)8(12)14/h1-2,7H,(H2,12,14). The van der Waals surface area contributed by atoms with Gasteiger partial charge in [-0.05, 0) is 12.1 Å². The number of pyridine rings is 1. The van der Waals surface area contributed by atoms with Crippen LogP contribution in [-0.2, 0) is 0 Å². The van der Waals surface area contributed by atoms with Crippen molar-refractivity contribution in [3.63, 3.8) is 0 Å². The summed E-state index contributed by atoms with van der Waals surface area (Å²) in [6.45, 7) is 0. The first-order valence-corrected chi connectivity index (χ1v) is 3.55. The maximum Gasteiger partial charge on any atom is 0.267 e. The van der Waals surface area contributed by atoms with Gasteiger partial charge in [0.25, 0.3) is 12.3 Å². The molecule has 0 bridgehead atoms. The number of rotatable bonds is 2. The van der Waals surface area contributed by atoms with E-state index in [1.165, 1.54) is 0 Å². The second kappa shape index (κ2) is 3.79. The molecule has 0 fully saturated rings. The summed E-state index contributed by atoms with van der Waals surface area (Å²) in [6, 6.07) is 3.70. The average molecular weight is 197 g/mol.